The van der Waals surface area contributed by atoms with Crippen LogP contribution in [0.4, 0.5) is 0 Å². The molecule has 2 N–H and O–H groups in total. The van der Waals surface area contributed by atoms with Gasteiger partial charge in [-0.2, -0.15) is 4.31 Å². The van der Waals surface area contributed by atoms with Gasteiger partial charge >= 0.3 is 5.97 Å². The van der Waals surface area contributed by atoms with E-state index in [1.807, 2.05) is 6.92 Å². The highest BCUT2D eigenvalue weighted by molar-refractivity contribution is 7.89. The molecule has 0 spiro atoms. The van der Waals surface area contributed by atoms with Crippen LogP contribution in [-0.4, -0.2) is 48.4 Å². The van der Waals surface area contributed by atoms with Gasteiger partial charge in [0.15, 0.2) is 0 Å². The van der Waals surface area contributed by atoms with Gasteiger partial charge in [0.05, 0.1) is 5.69 Å². The van der Waals surface area contributed by atoms with E-state index in [-0.39, 0.29) is 4.90 Å². The predicted molar refractivity (Wildman–Crippen MR) is 113 cm³/mol. The molecule has 1 aromatic heterocycles. The van der Waals surface area contributed by atoms with Crippen molar-refractivity contribution in [1.29, 1.82) is 0 Å². The van der Waals surface area contributed by atoms with Crippen LogP contribution in [-0.2, 0) is 26.0 Å². The van der Waals surface area contributed by atoms with Crippen LogP contribution in [0.1, 0.15) is 70.7 Å². The summed E-state index contributed by atoms with van der Waals surface area (Å²) in [7, 11) is -3.83. The maximum absolute atomic E-state index is 13.4. The molecule has 0 saturated carbocycles. The number of hydrogen-bond donors (Lipinski definition) is 1. The number of esters is 1. The van der Waals surface area contributed by atoms with Crippen LogP contribution in [0.5, 0.6) is 0 Å². The molecular formula is C21H35N3O4S. The number of nitrogens with zero attached hydrogens (tertiary/aromatic N) is 2. The van der Waals surface area contributed by atoms with Crippen LogP contribution in [0.25, 0.3) is 0 Å². The van der Waals surface area contributed by atoms with Gasteiger partial charge in [-0.25, -0.2) is 8.42 Å². The van der Waals surface area contributed by atoms with Gasteiger partial charge in [-0.3, -0.25) is 9.78 Å². The molecule has 1 fully saturated rings. The highest BCUT2D eigenvalue weighted by Crippen LogP contribution is 2.30. The molecule has 0 unspecified atom stereocenters. The van der Waals surface area contributed by atoms with Crippen molar-refractivity contribution < 1.29 is 17.9 Å². The Hall–Kier alpha value is -1.51. The van der Waals surface area contributed by atoms with Gasteiger partial charge in [0.1, 0.15) is 16.5 Å². The largest absolute Gasteiger partial charge is 0.459 e. The fraction of sp³-hybridized carbons (Fsp3) is 0.714. The lowest BCUT2D eigenvalue weighted by Crippen LogP contribution is -2.43. The molecule has 29 heavy (non-hydrogen) atoms. The van der Waals surface area contributed by atoms with Crippen LogP contribution in [0.15, 0.2) is 17.0 Å². The molecule has 0 bridgehead atoms. The second-order valence-electron chi connectivity index (χ2n) is 8.66. The van der Waals surface area contributed by atoms with Gasteiger partial charge < -0.3 is 10.5 Å². The standard InChI is InChI=1S/C21H35N3O4S/c1-16-12-13-19(17(23-16)10-7-5-6-8-14-22)29(26,27)24-15-9-11-18(24)20(25)28-21(2,3)4/h12-13,18H,5-11,14-15,22H2,1-4H3/t18-/m0/s1. The van der Waals surface area contributed by atoms with Crippen molar-refractivity contribution in [3.05, 3.63) is 23.5 Å². The Labute approximate surface area is 175 Å². The normalized spacial score (nSPS) is 18.2. The molecule has 8 heteroatoms. The van der Waals surface area contributed by atoms with E-state index in [0.29, 0.717) is 38.0 Å². The minimum Gasteiger partial charge on any atom is -0.459 e. The lowest BCUT2D eigenvalue weighted by atomic mass is 10.1. The minimum absolute atomic E-state index is 0.206. The van der Waals surface area contributed by atoms with Crippen molar-refractivity contribution in [1.82, 2.24) is 9.29 Å². The Morgan fingerprint density at radius 2 is 1.93 bits per heavy atom. The molecule has 7 nitrogen and oxygen atoms in total. The van der Waals surface area contributed by atoms with Crippen LogP contribution >= 0.6 is 0 Å². The first-order valence-electron chi connectivity index (χ1n) is 10.5. The van der Waals surface area contributed by atoms with Gasteiger partial charge in [-0.15, -0.1) is 0 Å². The van der Waals surface area contributed by atoms with Crippen molar-refractivity contribution in [2.24, 2.45) is 5.73 Å². The van der Waals surface area contributed by atoms with Gasteiger partial charge in [-0.1, -0.05) is 12.8 Å². The second kappa shape index (κ2) is 10.00. The Kier molecular flexibility index (Phi) is 8.19. The highest BCUT2D eigenvalue weighted by Gasteiger charge is 2.42. The zero-order chi connectivity index (χ0) is 21.7. The van der Waals surface area contributed by atoms with Crippen molar-refractivity contribution in [3.8, 4) is 0 Å². The second-order valence-corrected chi connectivity index (χ2v) is 10.5. The zero-order valence-electron chi connectivity index (χ0n) is 18.1. The first kappa shape index (κ1) is 23.8. The predicted octanol–water partition coefficient (Wildman–Crippen LogP) is 2.95. The van der Waals surface area contributed by atoms with Gasteiger partial charge in [0.25, 0.3) is 0 Å². The number of hydrogen-bond acceptors (Lipinski definition) is 6. The number of aryl methyl sites for hydroxylation is 2. The number of sulfonamides is 1. The van der Waals surface area contributed by atoms with Crippen LogP contribution in [0, 0.1) is 6.92 Å². The Bertz CT molecular complexity index is 803. The number of carbonyl (C=O) groups excluding carboxylic acids is 1. The van der Waals surface area contributed by atoms with Crippen molar-refractivity contribution in [2.45, 2.75) is 89.2 Å². The number of carbonyl (C=O) groups is 1. The third kappa shape index (κ3) is 6.49. The number of aromatic nitrogens is 1. The maximum atomic E-state index is 13.4. The fourth-order valence-corrected chi connectivity index (χ4v) is 5.40. The number of pyridine rings is 1. The summed E-state index contributed by atoms with van der Waals surface area (Å²) in [5.74, 6) is -0.484. The smallest absolute Gasteiger partial charge is 0.324 e. The Morgan fingerprint density at radius 1 is 1.24 bits per heavy atom. The van der Waals surface area contributed by atoms with Crippen molar-refractivity contribution in [3.63, 3.8) is 0 Å². The monoisotopic (exact) mass is 425 g/mol. The van der Waals surface area contributed by atoms with Crippen LogP contribution in [0.2, 0.25) is 0 Å². The third-order valence-corrected chi connectivity index (χ3v) is 6.89. The summed E-state index contributed by atoms with van der Waals surface area (Å²) in [6.45, 7) is 8.19. The van der Waals surface area contributed by atoms with Crippen LogP contribution < -0.4 is 5.73 Å². The SMILES string of the molecule is Cc1ccc(S(=O)(=O)N2CCC[C@H]2C(=O)OC(C)(C)C)c(CCCCCCN)n1. The molecule has 1 aliphatic heterocycles. The average molecular weight is 426 g/mol. The molecule has 164 valence electrons. The van der Waals surface area contributed by atoms with E-state index in [1.165, 1.54) is 4.31 Å². The van der Waals surface area contributed by atoms with Gasteiger partial charge in [0.2, 0.25) is 10.0 Å². The Morgan fingerprint density at radius 3 is 2.59 bits per heavy atom. The van der Waals surface area contributed by atoms with Crippen LogP contribution in [0.3, 0.4) is 0 Å². The topological polar surface area (TPSA) is 103 Å². The molecule has 0 aromatic carbocycles. The summed E-state index contributed by atoms with van der Waals surface area (Å²) in [5, 5.41) is 0. The molecule has 2 heterocycles. The molecule has 1 atom stereocenters. The first-order chi connectivity index (χ1) is 13.6. The molecular weight excluding hydrogens is 390 g/mol. The summed E-state index contributed by atoms with van der Waals surface area (Å²) in [6.07, 6.45) is 5.53. The lowest BCUT2D eigenvalue weighted by molar-refractivity contribution is -0.158. The average Bonchev–Trinajstić information content (AvgIpc) is 3.11. The molecule has 0 aliphatic carbocycles. The first-order valence-corrected chi connectivity index (χ1v) is 11.9. The molecule has 1 aliphatic rings. The Balaban J connectivity index is 2.24. The number of nitrogens with two attached hydrogens (primary N) is 1. The van der Waals surface area contributed by atoms with E-state index in [0.717, 1.165) is 31.4 Å². The van der Waals surface area contributed by atoms with E-state index >= 15 is 0 Å². The van der Waals surface area contributed by atoms with E-state index in [1.54, 1.807) is 32.9 Å². The van der Waals surface area contributed by atoms with E-state index < -0.39 is 27.6 Å². The van der Waals surface area contributed by atoms with Crippen molar-refractivity contribution in [2.75, 3.05) is 13.1 Å². The summed E-state index contributed by atoms with van der Waals surface area (Å²) in [4.78, 5) is 17.3. The number of rotatable bonds is 9. The summed E-state index contributed by atoms with van der Waals surface area (Å²) in [5.41, 5.74) is 6.24. The lowest BCUT2D eigenvalue weighted by Gasteiger charge is -2.27. The molecule has 1 saturated heterocycles. The maximum Gasteiger partial charge on any atom is 0.324 e. The number of unbranched alkanes of at least 4 members (excludes halogenated alkanes) is 3. The number of ether oxygens (including phenoxy) is 1. The van der Waals surface area contributed by atoms with Crippen molar-refractivity contribution >= 4 is 16.0 Å². The van der Waals surface area contributed by atoms with E-state index in [2.05, 4.69) is 4.98 Å². The summed E-state index contributed by atoms with van der Waals surface area (Å²) >= 11 is 0. The molecule has 2 rings (SSSR count). The van der Waals surface area contributed by atoms with Gasteiger partial charge in [0, 0.05) is 12.2 Å². The highest BCUT2D eigenvalue weighted by atomic mass is 32.2. The summed E-state index contributed by atoms with van der Waals surface area (Å²) < 4.78 is 33.6. The van der Waals surface area contributed by atoms with Gasteiger partial charge in [-0.05, 0) is 78.5 Å². The fourth-order valence-electron chi connectivity index (χ4n) is 3.56. The van der Waals surface area contributed by atoms with E-state index in [9.17, 15) is 13.2 Å². The molecule has 0 amide bonds. The molecule has 1 aromatic rings. The molecule has 0 radical (unpaired) electrons. The minimum atomic E-state index is -3.83. The van der Waals surface area contributed by atoms with E-state index in [4.69, 9.17) is 10.5 Å². The zero-order valence-corrected chi connectivity index (χ0v) is 18.9. The summed E-state index contributed by atoms with van der Waals surface area (Å²) in [6, 6.07) is 2.55. The third-order valence-electron chi connectivity index (χ3n) is 4.91. The quantitative estimate of drug-likeness (QED) is 0.482.